The van der Waals surface area contributed by atoms with Crippen LogP contribution >= 0.6 is 23.1 Å². The number of anilines is 2. The Kier molecular flexibility index (Phi) is 7.24. The number of aryl methyl sites for hydroxylation is 1. The fraction of sp³-hybridized carbons (Fsp3) is 0.471. The van der Waals surface area contributed by atoms with Gasteiger partial charge in [0.25, 0.3) is 0 Å². The van der Waals surface area contributed by atoms with Gasteiger partial charge in [0.05, 0.1) is 11.9 Å². The molecule has 148 valence electrons. The molecule has 27 heavy (non-hydrogen) atoms. The van der Waals surface area contributed by atoms with E-state index in [1.807, 2.05) is 32.9 Å². The summed E-state index contributed by atoms with van der Waals surface area (Å²) in [5, 5.41) is 11.4. The maximum atomic E-state index is 12.6. The van der Waals surface area contributed by atoms with E-state index in [0.29, 0.717) is 16.1 Å². The zero-order valence-electron chi connectivity index (χ0n) is 16.0. The number of hydrogen-bond acceptors (Lipinski definition) is 7. The highest BCUT2D eigenvalue weighted by atomic mass is 32.2. The van der Waals surface area contributed by atoms with Gasteiger partial charge < -0.3 is 0 Å². The van der Waals surface area contributed by atoms with Crippen LogP contribution < -0.4 is 9.62 Å². The molecule has 1 aromatic heterocycles. The highest BCUT2D eigenvalue weighted by molar-refractivity contribution is 8.01. The Morgan fingerprint density at radius 2 is 1.85 bits per heavy atom. The van der Waals surface area contributed by atoms with Gasteiger partial charge in [-0.25, -0.2) is 8.42 Å². The average Bonchev–Trinajstić information content (AvgIpc) is 3.00. The SMILES string of the molecule is CCc1ccc(N([C@H](C)C(=O)Nc2nnc(SC(C)C)s2)S(C)(=O)=O)cc1. The van der Waals surface area contributed by atoms with E-state index in [2.05, 4.69) is 15.5 Å². The van der Waals surface area contributed by atoms with E-state index in [-0.39, 0.29) is 0 Å². The summed E-state index contributed by atoms with van der Waals surface area (Å²) < 4.78 is 26.5. The summed E-state index contributed by atoms with van der Waals surface area (Å²) in [6.45, 7) is 7.66. The van der Waals surface area contributed by atoms with Gasteiger partial charge >= 0.3 is 0 Å². The van der Waals surface area contributed by atoms with E-state index in [4.69, 9.17) is 0 Å². The second kappa shape index (κ2) is 9.03. The molecule has 0 unspecified atom stereocenters. The molecule has 0 spiro atoms. The number of nitrogens with zero attached hydrogens (tertiary/aromatic N) is 3. The predicted octanol–water partition coefficient (Wildman–Crippen LogP) is 3.39. The third-order valence-electron chi connectivity index (χ3n) is 3.66. The fourth-order valence-electron chi connectivity index (χ4n) is 2.41. The number of aromatic nitrogens is 2. The van der Waals surface area contributed by atoms with Crippen LogP contribution in [0.4, 0.5) is 10.8 Å². The number of carbonyl (C=O) groups is 1. The summed E-state index contributed by atoms with van der Waals surface area (Å²) in [7, 11) is -3.65. The lowest BCUT2D eigenvalue weighted by Crippen LogP contribution is -2.45. The minimum absolute atomic E-state index is 0.352. The van der Waals surface area contributed by atoms with Gasteiger partial charge in [-0.3, -0.25) is 14.4 Å². The van der Waals surface area contributed by atoms with E-state index in [0.717, 1.165) is 26.9 Å². The van der Waals surface area contributed by atoms with Crippen molar-refractivity contribution in [3.8, 4) is 0 Å². The van der Waals surface area contributed by atoms with Crippen LogP contribution in [0.25, 0.3) is 0 Å². The van der Waals surface area contributed by atoms with Crippen LogP contribution in [0.2, 0.25) is 0 Å². The summed E-state index contributed by atoms with van der Waals surface area (Å²) in [4.78, 5) is 12.6. The second-order valence-electron chi connectivity index (χ2n) is 6.28. The number of sulfonamides is 1. The Labute approximate surface area is 168 Å². The molecular weight excluding hydrogens is 404 g/mol. The lowest BCUT2D eigenvalue weighted by molar-refractivity contribution is -0.116. The monoisotopic (exact) mass is 428 g/mol. The first-order valence-electron chi connectivity index (χ1n) is 8.51. The van der Waals surface area contributed by atoms with Crippen LogP contribution in [-0.4, -0.2) is 42.1 Å². The third-order valence-corrected chi connectivity index (χ3v) is 6.83. The van der Waals surface area contributed by atoms with Crippen molar-refractivity contribution in [2.75, 3.05) is 15.9 Å². The molecular formula is C17H24N4O3S3. The lowest BCUT2D eigenvalue weighted by Gasteiger charge is -2.28. The van der Waals surface area contributed by atoms with Crippen molar-refractivity contribution in [1.29, 1.82) is 0 Å². The fourth-order valence-corrected chi connectivity index (χ4v) is 5.56. The van der Waals surface area contributed by atoms with E-state index < -0.39 is 22.0 Å². The molecule has 2 rings (SSSR count). The highest BCUT2D eigenvalue weighted by Gasteiger charge is 2.29. The predicted molar refractivity (Wildman–Crippen MR) is 112 cm³/mol. The Hall–Kier alpha value is -1.65. The number of nitrogens with one attached hydrogen (secondary N) is 1. The van der Waals surface area contributed by atoms with Gasteiger partial charge in [0, 0.05) is 5.25 Å². The van der Waals surface area contributed by atoms with Gasteiger partial charge in [-0.2, -0.15) is 0 Å². The Morgan fingerprint density at radius 1 is 1.22 bits per heavy atom. The molecule has 1 amide bonds. The molecule has 0 fully saturated rings. The molecule has 0 radical (unpaired) electrons. The molecule has 0 saturated carbocycles. The van der Waals surface area contributed by atoms with Crippen LogP contribution in [0.15, 0.2) is 28.6 Å². The van der Waals surface area contributed by atoms with Crippen molar-refractivity contribution < 1.29 is 13.2 Å². The van der Waals surface area contributed by atoms with Gasteiger partial charge in [0.15, 0.2) is 4.34 Å². The maximum Gasteiger partial charge on any atom is 0.249 e. The Bertz CT molecular complexity index is 879. The zero-order valence-corrected chi connectivity index (χ0v) is 18.4. The lowest BCUT2D eigenvalue weighted by atomic mass is 10.1. The highest BCUT2D eigenvalue weighted by Crippen LogP contribution is 2.29. The van der Waals surface area contributed by atoms with Crippen molar-refractivity contribution >= 4 is 49.8 Å². The molecule has 1 N–H and O–H groups in total. The van der Waals surface area contributed by atoms with Gasteiger partial charge in [-0.15, -0.1) is 10.2 Å². The summed E-state index contributed by atoms with van der Waals surface area (Å²) in [6.07, 6.45) is 1.94. The summed E-state index contributed by atoms with van der Waals surface area (Å²) >= 11 is 2.82. The number of carbonyl (C=O) groups excluding carboxylic acids is 1. The van der Waals surface area contributed by atoms with Gasteiger partial charge in [-0.1, -0.05) is 56.0 Å². The first kappa shape index (κ1) is 21.6. The molecule has 2 aromatic rings. The summed E-state index contributed by atoms with van der Waals surface area (Å²) in [5.74, 6) is -0.461. The quantitative estimate of drug-likeness (QED) is 0.512. The molecule has 0 bridgehead atoms. The van der Waals surface area contributed by atoms with E-state index in [9.17, 15) is 13.2 Å². The minimum Gasteiger partial charge on any atom is -0.299 e. The van der Waals surface area contributed by atoms with Gasteiger partial charge in [0.2, 0.25) is 21.1 Å². The average molecular weight is 429 g/mol. The molecule has 0 aliphatic rings. The number of hydrogen-bond donors (Lipinski definition) is 1. The molecule has 7 nitrogen and oxygen atoms in total. The van der Waals surface area contributed by atoms with Crippen LogP contribution in [0.1, 0.15) is 33.3 Å². The zero-order chi connectivity index (χ0) is 20.2. The molecule has 10 heteroatoms. The van der Waals surface area contributed by atoms with Crippen LogP contribution in [0, 0.1) is 0 Å². The number of benzene rings is 1. The van der Waals surface area contributed by atoms with Gasteiger partial charge in [0.1, 0.15) is 6.04 Å². The first-order valence-corrected chi connectivity index (χ1v) is 12.1. The van der Waals surface area contributed by atoms with Gasteiger partial charge in [-0.05, 0) is 31.0 Å². The third kappa shape index (κ3) is 5.91. The number of amides is 1. The van der Waals surface area contributed by atoms with E-state index in [1.165, 1.54) is 11.3 Å². The van der Waals surface area contributed by atoms with E-state index >= 15 is 0 Å². The smallest absolute Gasteiger partial charge is 0.249 e. The minimum atomic E-state index is -3.65. The summed E-state index contributed by atoms with van der Waals surface area (Å²) in [6, 6.07) is 6.21. The molecule has 1 heterocycles. The van der Waals surface area contributed by atoms with Crippen molar-refractivity contribution in [2.24, 2.45) is 0 Å². The molecule has 0 saturated heterocycles. The van der Waals surface area contributed by atoms with Crippen LogP contribution in [-0.2, 0) is 21.2 Å². The standard InChI is InChI=1S/C17H24N4O3S3/c1-6-13-7-9-14(10-8-13)21(27(5,23)24)12(4)15(22)18-16-19-20-17(26-16)25-11(2)3/h7-12H,6H2,1-5H3,(H,18,19,22)/t12-/m1/s1. The van der Waals surface area contributed by atoms with Crippen molar-refractivity contribution in [3.63, 3.8) is 0 Å². The Morgan fingerprint density at radius 3 is 2.37 bits per heavy atom. The first-order chi connectivity index (χ1) is 12.6. The topological polar surface area (TPSA) is 92.3 Å². The van der Waals surface area contributed by atoms with Crippen molar-refractivity contribution in [2.45, 2.75) is 49.7 Å². The molecule has 0 aliphatic carbocycles. The molecule has 1 aromatic carbocycles. The molecule has 0 aliphatic heterocycles. The van der Waals surface area contributed by atoms with Crippen LogP contribution in [0.5, 0.6) is 0 Å². The summed E-state index contributed by atoms with van der Waals surface area (Å²) in [5.41, 5.74) is 1.54. The second-order valence-corrected chi connectivity index (χ2v) is 10.9. The van der Waals surface area contributed by atoms with Crippen molar-refractivity contribution in [3.05, 3.63) is 29.8 Å². The molecule has 1 atom stereocenters. The Balaban J connectivity index is 2.20. The largest absolute Gasteiger partial charge is 0.299 e. The normalized spacial score (nSPS) is 12.8. The maximum absolute atomic E-state index is 12.6. The van der Waals surface area contributed by atoms with Crippen molar-refractivity contribution in [1.82, 2.24) is 10.2 Å². The number of thioether (sulfide) groups is 1. The van der Waals surface area contributed by atoms with E-state index in [1.54, 1.807) is 30.8 Å². The number of rotatable bonds is 8. The van der Waals surface area contributed by atoms with Crippen LogP contribution in [0.3, 0.4) is 0 Å².